The highest BCUT2D eigenvalue weighted by Crippen LogP contribution is 2.44. The van der Waals surface area contributed by atoms with E-state index in [1.54, 1.807) is 54.6 Å². The molecule has 0 spiro atoms. The lowest BCUT2D eigenvalue weighted by Gasteiger charge is -2.24. The Kier molecular flexibility index (Phi) is 6.82. The van der Waals surface area contributed by atoms with Crippen LogP contribution in [0.5, 0.6) is 17.2 Å². The molecule has 1 saturated heterocycles. The molecule has 1 fully saturated rings. The van der Waals surface area contributed by atoms with Crippen molar-refractivity contribution in [2.75, 3.05) is 25.7 Å². The summed E-state index contributed by atoms with van der Waals surface area (Å²) in [4.78, 5) is 27.7. The van der Waals surface area contributed by atoms with Crippen LogP contribution in [0.3, 0.4) is 0 Å². The van der Waals surface area contributed by atoms with E-state index in [2.05, 4.69) is 0 Å². The maximum absolute atomic E-state index is 13.2. The van der Waals surface area contributed by atoms with Crippen LogP contribution in [0.1, 0.15) is 31.2 Å². The van der Waals surface area contributed by atoms with Gasteiger partial charge in [0.25, 0.3) is 11.7 Å². The first kappa shape index (κ1) is 23.9. The van der Waals surface area contributed by atoms with Crippen molar-refractivity contribution in [1.29, 1.82) is 0 Å². The second kappa shape index (κ2) is 9.97. The fourth-order valence-electron chi connectivity index (χ4n) is 3.87. The Morgan fingerprint density at radius 2 is 1.66 bits per heavy atom. The van der Waals surface area contributed by atoms with Crippen molar-refractivity contribution < 1.29 is 33.3 Å². The maximum atomic E-state index is 13.2. The van der Waals surface area contributed by atoms with E-state index in [0.29, 0.717) is 46.8 Å². The van der Waals surface area contributed by atoms with E-state index >= 15 is 0 Å². The summed E-state index contributed by atoms with van der Waals surface area (Å²) in [5.74, 6) is 0.269. The number of nitrogens with zero attached hydrogens (tertiary/aromatic N) is 1. The molecule has 1 aliphatic heterocycles. The average Bonchev–Trinajstić information content (AvgIpc) is 3.49. The van der Waals surface area contributed by atoms with Gasteiger partial charge in [-0.1, -0.05) is 13.8 Å². The summed E-state index contributed by atoms with van der Waals surface area (Å²) < 4.78 is 22.0. The maximum Gasteiger partial charge on any atom is 0.300 e. The van der Waals surface area contributed by atoms with Gasteiger partial charge >= 0.3 is 0 Å². The number of aliphatic hydroxyl groups excluding tert-OH is 1. The van der Waals surface area contributed by atoms with Crippen molar-refractivity contribution in [3.05, 3.63) is 77.8 Å². The molecule has 35 heavy (non-hydrogen) atoms. The van der Waals surface area contributed by atoms with E-state index in [1.807, 2.05) is 13.8 Å². The molecular formula is C27H27NO7. The van der Waals surface area contributed by atoms with Crippen LogP contribution >= 0.6 is 0 Å². The molecule has 1 aliphatic rings. The SMILES string of the molecule is COc1cc(OC)cc(N2C(=O)C(=O)/C(=C(\O)c3ccc(OCC(C)C)cc3)C2c2ccco2)c1. The Balaban J connectivity index is 1.81. The summed E-state index contributed by atoms with van der Waals surface area (Å²) in [7, 11) is 2.98. The van der Waals surface area contributed by atoms with Crippen LogP contribution in [-0.4, -0.2) is 37.6 Å². The first-order chi connectivity index (χ1) is 16.8. The molecule has 0 bridgehead atoms. The summed E-state index contributed by atoms with van der Waals surface area (Å²) in [6.07, 6.45) is 1.45. The lowest BCUT2D eigenvalue weighted by Crippen LogP contribution is -2.29. The Hall–Kier alpha value is -4.20. The zero-order chi connectivity index (χ0) is 25.1. The minimum Gasteiger partial charge on any atom is -0.507 e. The topological polar surface area (TPSA) is 98.4 Å². The van der Waals surface area contributed by atoms with E-state index in [4.69, 9.17) is 18.6 Å². The highest BCUT2D eigenvalue weighted by Gasteiger charge is 2.48. The zero-order valence-corrected chi connectivity index (χ0v) is 20.0. The Morgan fingerprint density at radius 1 is 1.00 bits per heavy atom. The number of hydrogen-bond acceptors (Lipinski definition) is 7. The number of benzene rings is 2. The van der Waals surface area contributed by atoms with Crippen molar-refractivity contribution in [2.45, 2.75) is 19.9 Å². The summed E-state index contributed by atoms with van der Waals surface area (Å²) in [5.41, 5.74) is 0.656. The van der Waals surface area contributed by atoms with Crippen LogP contribution in [0.4, 0.5) is 5.69 Å². The van der Waals surface area contributed by atoms with Crippen molar-refractivity contribution in [1.82, 2.24) is 0 Å². The lowest BCUT2D eigenvalue weighted by atomic mass is 9.99. The molecule has 3 aromatic rings. The summed E-state index contributed by atoms with van der Waals surface area (Å²) in [5, 5.41) is 11.2. The molecule has 1 atom stereocenters. The molecule has 2 heterocycles. The van der Waals surface area contributed by atoms with Crippen LogP contribution < -0.4 is 19.1 Å². The van der Waals surface area contributed by atoms with Gasteiger partial charge in [-0.2, -0.15) is 0 Å². The second-order valence-electron chi connectivity index (χ2n) is 8.48. The van der Waals surface area contributed by atoms with Gasteiger partial charge in [0.1, 0.15) is 34.8 Å². The normalized spacial score (nSPS) is 17.2. The number of rotatable bonds is 8. The molecule has 0 radical (unpaired) electrons. The van der Waals surface area contributed by atoms with Crippen LogP contribution in [0.25, 0.3) is 5.76 Å². The van der Waals surface area contributed by atoms with E-state index in [0.717, 1.165) is 0 Å². The molecule has 1 N–H and O–H groups in total. The van der Waals surface area contributed by atoms with Crippen molar-refractivity contribution in [3.63, 3.8) is 0 Å². The van der Waals surface area contributed by atoms with Crippen LogP contribution in [-0.2, 0) is 9.59 Å². The predicted molar refractivity (Wildman–Crippen MR) is 130 cm³/mol. The molecule has 1 unspecified atom stereocenters. The predicted octanol–water partition coefficient (Wildman–Crippen LogP) is 4.96. The third-order valence-electron chi connectivity index (χ3n) is 5.58. The standard InChI is InChI=1S/C27H27NO7/c1-16(2)15-35-19-9-7-17(8-10-19)25(29)23-24(22-6-5-11-34-22)28(27(31)26(23)30)18-12-20(32-3)14-21(13-18)33-4/h5-14,16,24,29H,15H2,1-4H3/b25-23-. The number of carbonyl (C=O) groups is 2. The number of ketones is 1. The van der Waals surface area contributed by atoms with Crippen molar-refractivity contribution in [2.24, 2.45) is 5.92 Å². The number of furan rings is 1. The largest absolute Gasteiger partial charge is 0.507 e. The van der Waals surface area contributed by atoms with Crippen LogP contribution in [0.2, 0.25) is 0 Å². The Labute approximate surface area is 203 Å². The smallest absolute Gasteiger partial charge is 0.300 e. The number of Topliss-reactive ketones (excluding diaryl/α,β-unsaturated/α-hetero) is 1. The second-order valence-corrected chi connectivity index (χ2v) is 8.48. The number of amides is 1. The fourth-order valence-corrected chi connectivity index (χ4v) is 3.87. The molecule has 8 nitrogen and oxygen atoms in total. The number of carbonyl (C=O) groups excluding carboxylic acids is 2. The molecule has 4 rings (SSSR count). The van der Waals surface area contributed by atoms with Gasteiger partial charge in [-0.15, -0.1) is 0 Å². The summed E-state index contributed by atoms with van der Waals surface area (Å²) >= 11 is 0. The number of hydrogen-bond donors (Lipinski definition) is 1. The molecule has 182 valence electrons. The van der Waals surface area contributed by atoms with Gasteiger partial charge in [0.15, 0.2) is 0 Å². The van der Waals surface area contributed by atoms with Crippen LogP contribution in [0.15, 0.2) is 70.9 Å². The first-order valence-electron chi connectivity index (χ1n) is 11.1. The Morgan fingerprint density at radius 3 is 2.20 bits per heavy atom. The highest BCUT2D eigenvalue weighted by atomic mass is 16.5. The minimum absolute atomic E-state index is 0.0809. The first-order valence-corrected chi connectivity index (χ1v) is 11.1. The van der Waals surface area contributed by atoms with E-state index in [1.165, 1.54) is 25.4 Å². The molecule has 1 aromatic heterocycles. The van der Waals surface area contributed by atoms with E-state index < -0.39 is 17.7 Å². The Bertz CT molecular complexity index is 1220. The van der Waals surface area contributed by atoms with Gasteiger partial charge in [-0.25, -0.2) is 0 Å². The van der Waals surface area contributed by atoms with E-state index in [9.17, 15) is 14.7 Å². The molecule has 1 amide bonds. The highest BCUT2D eigenvalue weighted by molar-refractivity contribution is 6.51. The molecule has 0 aliphatic carbocycles. The van der Waals surface area contributed by atoms with Crippen molar-refractivity contribution in [3.8, 4) is 17.2 Å². The molecule has 8 heteroatoms. The third kappa shape index (κ3) is 4.73. The van der Waals surface area contributed by atoms with E-state index in [-0.39, 0.29) is 11.3 Å². The number of anilines is 1. The molecule has 0 saturated carbocycles. The lowest BCUT2D eigenvalue weighted by molar-refractivity contribution is -0.132. The minimum atomic E-state index is -0.987. The van der Waals surface area contributed by atoms with Gasteiger partial charge < -0.3 is 23.7 Å². The summed E-state index contributed by atoms with van der Waals surface area (Å²) in [6.45, 7) is 4.65. The van der Waals surface area contributed by atoms with Gasteiger partial charge in [0, 0.05) is 23.8 Å². The number of aliphatic hydroxyl groups is 1. The number of ether oxygens (including phenoxy) is 3. The quantitative estimate of drug-likeness (QED) is 0.278. The third-order valence-corrected chi connectivity index (χ3v) is 5.58. The van der Waals surface area contributed by atoms with Gasteiger partial charge in [0.2, 0.25) is 0 Å². The molecular weight excluding hydrogens is 450 g/mol. The summed E-state index contributed by atoms with van der Waals surface area (Å²) in [6, 6.07) is 13.9. The van der Waals surface area contributed by atoms with Gasteiger partial charge in [-0.05, 0) is 42.3 Å². The van der Waals surface area contributed by atoms with Gasteiger partial charge in [-0.3, -0.25) is 14.5 Å². The zero-order valence-electron chi connectivity index (χ0n) is 20.0. The molecule has 2 aromatic carbocycles. The number of methoxy groups -OCH3 is 2. The van der Waals surface area contributed by atoms with Crippen LogP contribution in [0, 0.1) is 5.92 Å². The van der Waals surface area contributed by atoms with Crippen molar-refractivity contribution >= 4 is 23.1 Å². The monoisotopic (exact) mass is 477 g/mol. The average molecular weight is 478 g/mol. The fraction of sp³-hybridized carbons (Fsp3) is 0.259. The van der Waals surface area contributed by atoms with Gasteiger partial charge in [0.05, 0.1) is 38.4 Å².